The minimum atomic E-state index is 0.389. The maximum Gasteiger partial charge on any atom is 0.0468 e. The van der Waals surface area contributed by atoms with Gasteiger partial charge in [-0.1, -0.05) is 6.08 Å². The van der Waals surface area contributed by atoms with Crippen molar-refractivity contribution >= 4 is 0 Å². The van der Waals surface area contributed by atoms with E-state index in [2.05, 4.69) is 12.0 Å². The van der Waals surface area contributed by atoms with Crippen molar-refractivity contribution in [3.63, 3.8) is 0 Å². The molecular formula is C10H20N2O. The van der Waals surface area contributed by atoms with Crippen molar-refractivity contribution in [3.05, 3.63) is 12.7 Å². The highest BCUT2D eigenvalue weighted by molar-refractivity contribution is 4.79. The highest BCUT2D eigenvalue weighted by Gasteiger charge is 2.17. The number of hydrazine groups is 1. The maximum absolute atomic E-state index is 5.45. The van der Waals surface area contributed by atoms with Gasteiger partial charge in [0.15, 0.2) is 0 Å². The first-order valence-corrected chi connectivity index (χ1v) is 5.01. The van der Waals surface area contributed by atoms with Gasteiger partial charge in [-0.25, -0.2) is 0 Å². The summed E-state index contributed by atoms with van der Waals surface area (Å²) in [6, 6.07) is 0.389. The van der Waals surface area contributed by atoms with Crippen molar-refractivity contribution in [1.82, 2.24) is 5.43 Å². The fraction of sp³-hybridized carbons (Fsp3) is 0.800. The average molecular weight is 184 g/mol. The molecule has 0 aromatic rings. The Labute approximate surface area is 80.3 Å². The van der Waals surface area contributed by atoms with E-state index < -0.39 is 0 Å². The molecule has 0 saturated carbocycles. The van der Waals surface area contributed by atoms with Crippen molar-refractivity contribution < 1.29 is 4.74 Å². The van der Waals surface area contributed by atoms with Crippen LogP contribution in [0.5, 0.6) is 0 Å². The zero-order valence-electron chi connectivity index (χ0n) is 8.17. The Balaban J connectivity index is 2.22. The summed E-state index contributed by atoms with van der Waals surface area (Å²) in [5, 5.41) is 0. The van der Waals surface area contributed by atoms with E-state index in [1.54, 1.807) is 0 Å². The van der Waals surface area contributed by atoms with Crippen LogP contribution in [0, 0.1) is 5.92 Å². The summed E-state index contributed by atoms with van der Waals surface area (Å²) in [6.07, 6.45) is 6.37. The molecule has 1 unspecified atom stereocenters. The molecule has 1 rings (SSSR count). The monoisotopic (exact) mass is 184 g/mol. The molecule has 0 aromatic carbocycles. The normalized spacial score (nSPS) is 21.3. The maximum atomic E-state index is 5.45. The Bertz CT molecular complexity index is 144. The van der Waals surface area contributed by atoms with Crippen molar-refractivity contribution in [2.75, 3.05) is 13.2 Å². The minimum Gasteiger partial charge on any atom is -0.381 e. The summed E-state index contributed by atoms with van der Waals surface area (Å²) in [6.45, 7) is 5.55. The Morgan fingerprint density at radius 3 is 2.77 bits per heavy atom. The number of rotatable bonds is 5. The third-order valence-corrected chi connectivity index (χ3v) is 2.65. The summed E-state index contributed by atoms with van der Waals surface area (Å²) in [7, 11) is 0. The summed E-state index contributed by atoms with van der Waals surface area (Å²) in [5.74, 6) is 6.22. The topological polar surface area (TPSA) is 47.3 Å². The van der Waals surface area contributed by atoms with Crippen LogP contribution < -0.4 is 11.3 Å². The molecule has 0 amide bonds. The first-order valence-electron chi connectivity index (χ1n) is 5.01. The fourth-order valence-corrected chi connectivity index (χ4v) is 1.82. The Morgan fingerprint density at radius 2 is 2.23 bits per heavy atom. The number of hydrogen-bond acceptors (Lipinski definition) is 3. The largest absolute Gasteiger partial charge is 0.381 e. The minimum absolute atomic E-state index is 0.389. The Kier molecular flexibility index (Phi) is 5.05. The zero-order valence-corrected chi connectivity index (χ0v) is 8.17. The van der Waals surface area contributed by atoms with E-state index >= 15 is 0 Å². The summed E-state index contributed by atoms with van der Waals surface area (Å²) in [5.41, 5.74) is 2.84. The van der Waals surface area contributed by atoms with Crippen molar-refractivity contribution in [3.8, 4) is 0 Å². The highest BCUT2D eigenvalue weighted by atomic mass is 16.5. The van der Waals surface area contributed by atoms with Gasteiger partial charge in [0.1, 0.15) is 0 Å². The van der Waals surface area contributed by atoms with Crippen LogP contribution in [0.15, 0.2) is 12.7 Å². The van der Waals surface area contributed by atoms with E-state index in [9.17, 15) is 0 Å². The molecule has 1 heterocycles. The number of ether oxygens (including phenoxy) is 1. The van der Waals surface area contributed by atoms with Gasteiger partial charge in [0, 0.05) is 19.3 Å². The van der Waals surface area contributed by atoms with Crippen LogP contribution in [0.3, 0.4) is 0 Å². The molecule has 1 aliphatic rings. The molecular weight excluding hydrogens is 164 g/mol. The first-order chi connectivity index (χ1) is 6.36. The molecule has 1 atom stereocenters. The molecule has 3 nitrogen and oxygen atoms in total. The molecule has 0 bridgehead atoms. The molecule has 0 aromatic heterocycles. The smallest absolute Gasteiger partial charge is 0.0468 e. The molecule has 1 fully saturated rings. The SMILES string of the molecule is C=CCC(CC1CCOCC1)NN. The van der Waals surface area contributed by atoms with E-state index in [0.29, 0.717) is 6.04 Å². The van der Waals surface area contributed by atoms with Crippen LogP contribution in [-0.4, -0.2) is 19.3 Å². The number of hydrogen-bond donors (Lipinski definition) is 2. The lowest BCUT2D eigenvalue weighted by Gasteiger charge is -2.25. The summed E-state index contributed by atoms with van der Waals surface area (Å²) < 4.78 is 5.30. The molecule has 1 aliphatic heterocycles. The quantitative estimate of drug-likeness (QED) is 0.383. The summed E-state index contributed by atoms with van der Waals surface area (Å²) in [4.78, 5) is 0. The van der Waals surface area contributed by atoms with Gasteiger partial charge < -0.3 is 4.74 Å². The predicted molar refractivity (Wildman–Crippen MR) is 54.1 cm³/mol. The molecule has 3 heteroatoms. The van der Waals surface area contributed by atoms with Gasteiger partial charge >= 0.3 is 0 Å². The van der Waals surface area contributed by atoms with E-state index in [1.807, 2.05) is 6.08 Å². The van der Waals surface area contributed by atoms with E-state index in [4.69, 9.17) is 10.6 Å². The van der Waals surface area contributed by atoms with E-state index in [-0.39, 0.29) is 0 Å². The van der Waals surface area contributed by atoms with E-state index in [0.717, 1.165) is 32.0 Å². The second-order valence-corrected chi connectivity index (χ2v) is 3.68. The van der Waals surface area contributed by atoms with Gasteiger partial charge in [0.25, 0.3) is 0 Å². The average Bonchev–Trinajstić information content (AvgIpc) is 2.19. The van der Waals surface area contributed by atoms with Crippen LogP contribution >= 0.6 is 0 Å². The highest BCUT2D eigenvalue weighted by Crippen LogP contribution is 2.20. The summed E-state index contributed by atoms with van der Waals surface area (Å²) >= 11 is 0. The second-order valence-electron chi connectivity index (χ2n) is 3.68. The third-order valence-electron chi connectivity index (χ3n) is 2.65. The second kappa shape index (κ2) is 6.13. The molecule has 0 aliphatic carbocycles. The Hall–Kier alpha value is -0.380. The number of nitrogens with one attached hydrogen (secondary N) is 1. The van der Waals surface area contributed by atoms with Gasteiger partial charge in [-0.05, 0) is 31.6 Å². The molecule has 0 radical (unpaired) electrons. The first kappa shape index (κ1) is 10.7. The molecule has 3 N–H and O–H groups in total. The number of nitrogens with two attached hydrogens (primary N) is 1. The Morgan fingerprint density at radius 1 is 1.54 bits per heavy atom. The predicted octanol–water partition coefficient (Wildman–Crippen LogP) is 1.21. The zero-order chi connectivity index (χ0) is 9.52. The third kappa shape index (κ3) is 3.89. The van der Waals surface area contributed by atoms with Crippen molar-refractivity contribution in [1.29, 1.82) is 0 Å². The van der Waals surface area contributed by atoms with Crippen LogP contribution in [0.2, 0.25) is 0 Å². The lowest BCUT2D eigenvalue weighted by atomic mass is 9.91. The standard InChI is InChI=1S/C10H20N2O/c1-2-3-10(12-11)8-9-4-6-13-7-5-9/h2,9-10,12H,1,3-8,11H2. The molecule has 76 valence electrons. The van der Waals surface area contributed by atoms with Gasteiger partial charge in [0.2, 0.25) is 0 Å². The van der Waals surface area contributed by atoms with Gasteiger partial charge in [-0.15, -0.1) is 6.58 Å². The van der Waals surface area contributed by atoms with Crippen LogP contribution in [0.4, 0.5) is 0 Å². The molecule has 0 spiro atoms. The van der Waals surface area contributed by atoms with Gasteiger partial charge in [-0.2, -0.15) is 0 Å². The lowest BCUT2D eigenvalue weighted by molar-refractivity contribution is 0.0606. The fourth-order valence-electron chi connectivity index (χ4n) is 1.82. The van der Waals surface area contributed by atoms with Crippen LogP contribution in [0.25, 0.3) is 0 Å². The van der Waals surface area contributed by atoms with Crippen LogP contribution in [0.1, 0.15) is 25.7 Å². The van der Waals surface area contributed by atoms with Gasteiger partial charge in [0.05, 0.1) is 0 Å². The lowest BCUT2D eigenvalue weighted by Crippen LogP contribution is -2.37. The van der Waals surface area contributed by atoms with Crippen molar-refractivity contribution in [2.45, 2.75) is 31.7 Å². The molecule has 13 heavy (non-hydrogen) atoms. The van der Waals surface area contributed by atoms with Gasteiger partial charge in [-0.3, -0.25) is 11.3 Å². The van der Waals surface area contributed by atoms with Crippen molar-refractivity contribution in [2.24, 2.45) is 11.8 Å². The van der Waals surface area contributed by atoms with E-state index in [1.165, 1.54) is 12.8 Å². The van der Waals surface area contributed by atoms with Crippen LogP contribution in [-0.2, 0) is 4.74 Å². The molecule has 1 saturated heterocycles.